The first kappa shape index (κ1) is 26.8. The van der Waals surface area contributed by atoms with Gasteiger partial charge in [0.05, 0.1) is 11.7 Å². The van der Waals surface area contributed by atoms with Crippen LogP contribution < -0.4 is 9.64 Å². The number of quaternary nitrogens is 1. The topological polar surface area (TPSA) is 83.6 Å². The number of ketones is 1. The Balaban J connectivity index is 1.24. The molecule has 0 aromatic heterocycles. The maximum absolute atomic E-state index is 12.3. The molecule has 0 spiro atoms. The number of Topliss-reactive ketones (excluding diaryl/α,β-unsaturated/α-hetero) is 1. The maximum atomic E-state index is 12.3. The number of phenols is 1. The van der Waals surface area contributed by atoms with Crippen LogP contribution in [0.5, 0.6) is 11.5 Å². The van der Waals surface area contributed by atoms with Gasteiger partial charge in [-0.15, -0.1) is 0 Å². The van der Waals surface area contributed by atoms with E-state index in [0.717, 1.165) is 54.8 Å². The second kappa shape index (κ2) is 13.4. The first-order valence-electron chi connectivity index (χ1n) is 13.5. The average molecular weight is 504 g/mol. The van der Waals surface area contributed by atoms with E-state index in [1.165, 1.54) is 16.7 Å². The highest BCUT2D eigenvalue weighted by molar-refractivity contribution is 6.07. The van der Waals surface area contributed by atoms with Gasteiger partial charge in [-0.3, -0.25) is 14.7 Å². The van der Waals surface area contributed by atoms with Crippen LogP contribution in [0.2, 0.25) is 0 Å². The highest BCUT2D eigenvalue weighted by atomic mass is 16.5. The van der Waals surface area contributed by atoms with E-state index in [9.17, 15) is 15.0 Å². The molecular formula is C31H39N2O4+. The lowest BCUT2D eigenvalue weighted by Gasteiger charge is -2.13. The number of nitrogens with zero attached hydrogens (tertiary/aromatic N) is 1. The number of carbonyl (C=O) groups excluding carboxylic acids is 1. The molecule has 0 aliphatic carbocycles. The van der Waals surface area contributed by atoms with Gasteiger partial charge in [-0.05, 0) is 54.5 Å². The summed E-state index contributed by atoms with van der Waals surface area (Å²) in [5, 5.41) is 20.4. The van der Waals surface area contributed by atoms with Crippen LogP contribution >= 0.6 is 0 Å². The minimum absolute atomic E-state index is 0.0658. The van der Waals surface area contributed by atoms with E-state index < -0.39 is 6.10 Å². The molecule has 2 atom stereocenters. The Labute approximate surface area is 220 Å². The number of hydrogen-bond acceptors (Lipinski definition) is 5. The number of rotatable bonds is 15. The Hall–Kier alpha value is -3.22. The number of carbonyl (C=O) groups is 1. The molecule has 3 N–H and O–H groups in total. The number of phenolic OH excluding ortho intramolecular Hbond substituents is 1. The molecule has 6 nitrogen and oxygen atoms in total. The number of hydrogen-bond donors (Lipinski definition) is 3. The second-order valence-electron chi connectivity index (χ2n) is 10.1. The molecule has 2 aromatic rings. The van der Waals surface area contributed by atoms with E-state index in [-0.39, 0.29) is 18.0 Å². The molecule has 0 saturated heterocycles. The number of unbranched alkanes of at least 4 members (excludes halogenated alkanes) is 2. The molecule has 6 heteroatoms. The average Bonchev–Trinajstić information content (AvgIpc) is 3.47. The third-order valence-corrected chi connectivity index (χ3v) is 7.04. The highest BCUT2D eigenvalue weighted by Gasteiger charge is 2.30. The van der Waals surface area contributed by atoms with Crippen LogP contribution in [0.4, 0.5) is 0 Å². The number of aryl methyl sites for hydroxylation is 2. The predicted octanol–water partition coefficient (Wildman–Crippen LogP) is 4.32. The molecule has 2 aliphatic rings. The number of nitrogens with one attached hydrogen (secondary N) is 1. The van der Waals surface area contributed by atoms with E-state index in [1.807, 2.05) is 24.4 Å². The van der Waals surface area contributed by atoms with Crippen molar-refractivity contribution >= 4 is 11.5 Å². The van der Waals surface area contributed by atoms with E-state index >= 15 is 0 Å². The maximum Gasteiger partial charge on any atom is 0.227 e. The lowest BCUT2D eigenvalue weighted by Crippen LogP contribution is -3.07. The van der Waals surface area contributed by atoms with Crippen LogP contribution in [0.15, 0.2) is 77.1 Å². The number of fused-ring (bicyclic) bond motifs is 1. The Morgan fingerprint density at radius 1 is 1.08 bits per heavy atom. The number of aliphatic imine (C=N–C) groups is 1. The quantitative estimate of drug-likeness (QED) is 0.316. The minimum Gasteiger partial charge on any atom is -0.504 e. The van der Waals surface area contributed by atoms with Gasteiger partial charge >= 0.3 is 0 Å². The molecule has 0 bridgehead atoms. The zero-order valence-electron chi connectivity index (χ0n) is 21.8. The molecule has 2 aliphatic heterocycles. The smallest absolute Gasteiger partial charge is 0.227 e. The summed E-state index contributed by atoms with van der Waals surface area (Å²) in [5.41, 5.74) is 5.82. The normalized spacial score (nSPS) is 17.1. The first-order chi connectivity index (χ1) is 18.0. The highest BCUT2D eigenvalue weighted by Crippen LogP contribution is 2.28. The number of aliphatic hydroxyl groups excluding tert-OH is 1. The molecule has 0 fully saturated rings. The van der Waals surface area contributed by atoms with E-state index in [2.05, 4.69) is 42.4 Å². The van der Waals surface area contributed by atoms with Crippen LogP contribution in [-0.2, 0) is 17.6 Å². The van der Waals surface area contributed by atoms with Gasteiger partial charge < -0.3 is 14.9 Å². The molecule has 2 unspecified atom stereocenters. The van der Waals surface area contributed by atoms with Gasteiger partial charge in [-0.2, -0.15) is 0 Å². The first-order valence-corrected chi connectivity index (χ1v) is 13.5. The zero-order valence-corrected chi connectivity index (χ0v) is 21.8. The Morgan fingerprint density at radius 3 is 2.73 bits per heavy atom. The minimum atomic E-state index is -0.548. The zero-order chi connectivity index (χ0) is 26.0. The number of aliphatic hydroxyl groups is 1. The van der Waals surface area contributed by atoms with Crippen molar-refractivity contribution in [2.75, 3.05) is 13.3 Å². The van der Waals surface area contributed by atoms with Gasteiger partial charge in [0, 0.05) is 19.0 Å². The largest absolute Gasteiger partial charge is 0.504 e. The molecule has 37 heavy (non-hydrogen) atoms. The van der Waals surface area contributed by atoms with Gasteiger partial charge in [0.2, 0.25) is 6.73 Å². The van der Waals surface area contributed by atoms with Crippen LogP contribution in [0.1, 0.15) is 63.0 Å². The lowest BCUT2D eigenvalue weighted by molar-refractivity contribution is -0.851. The standard InChI is InChI=1S/C31H38N2O4/c1-2-3-5-10-26(34)18-27(35)15-12-24-13-16-30(36)31(17-24)37-22-33-20-28-25(19-32-29(28)21-33)14-11-23-8-6-4-7-9-23/h4,6-9,13,16-17,19-20,26,34,36H,2-3,5,10-12,14-15,18,21-22H2,1H3/p+1. The van der Waals surface area contributed by atoms with E-state index in [4.69, 9.17) is 4.74 Å². The van der Waals surface area contributed by atoms with Crippen molar-refractivity contribution in [2.24, 2.45) is 4.99 Å². The second-order valence-corrected chi connectivity index (χ2v) is 10.1. The summed E-state index contributed by atoms with van der Waals surface area (Å²) in [5.74, 6) is 0.582. The molecular weight excluding hydrogens is 464 g/mol. The summed E-state index contributed by atoms with van der Waals surface area (Å²) in [6, 6.07) is 15.7. The summed E-state index contributed by atoms with van der Waals surface area (Å²) < 4.78 is 5.99. The fraction of sp³-hybridized carbons (Fsp3) is 0.419. The molecule has 4 rings (SSSR count). The van der Waals surface area contributed by atoms with Gasteiger partial charge in [0.15, 0.2) is 11.5 Å². The molecule has 0 saturated carbocycles. The fourth-order valence-electron chi connectivity index (χ4n) is 4.86. The Kier molecular flexibility index (Phi) is 9.69. The van der Waals surface area contributed by atoms with Crippen molar-refractivity contribution in [3.05, 3.63) is 83.2 Å². The summed E-state index contributed by atoms with van der Waals surface area (Å²) in [6.45, 7) is 3.27. The third-order valence-electron chi connectivity index (χ3n) is 7.04. The van der Waals surface area contributed by atoms with Crippen LogP contribution in [-0.4, -0.2) is 41.1 Å². The van der Waals surface area contributed by atoms with Crippen LogP contribution in [0.25, 0.3) is 0 Å². The van der Waals surface area contributed by atoms with Crippen molar-refractivity contribution in [2.45, 2.75) is 70.8 Å². The predicted molar refractivity (Wildman–Crippen MR) is 146 cm³/mol. The van der Waals surface area contributed by atoms with E-state index in [0.29, 0.717) is 31.7 Å². The van der Waals surface area contributed by atoms with Crippen molar-refractivity contribution < 1.29 is 24.6 Å². The van der Waals surface area contributed by atoms with Crippen molar-refractivity contribution in [1.82, 2.24) is 0 Å². The van der Waals surface area contributed by atoms with Gasteiger partial charge in [0.1, 0.15) is 24.2 Å². The summed E-state index contributed by atoms with van der Waals surface area (Å²) in [6.07, 6.45) is 10.5. The lowest BCUT2D eigenvalue weighted by atomic mass is 9.99. The summed E-state index contributed by atoms with van der Waals surface area (Å²) in [7, 11) is 0. The Morgan fingerprint density at radius 2 is 1.92 bits per heavy atom. The molecule has 2 aromatic carbocycles. The fourth-order valence-corrected chi connectivity index (χ4v) is 4.86. The molecule has 0 amide bonds. The van der Waals surface area contributed by atoms with Gasteiger partial charge in [-0.1, -0.05) is 62.6 Å². The van der Waals surface area contributed by atoms with Crippen molar-refractivity contribution in [1.29, 1.82) is 0 Å². The summed E-state index contributed by atoms with van der Waals surface area (Å²) >= 11 is 0. The monoisotopic (exact) mass is 503 g/mol. The molecule has 196 valence electrons. The SMILES string of the molecule is CCCCCC(O)CC(=O)CCc1ccc(O)c(OC[NH+]2C=C3C(CCc4ccccc4)=CN=C3C2)c1. The Bertz CT molecular complexity index is 1150. The number of ether oxygens (including phenoxy) is 1. The van der Waals surface area contributed by atoms with Crippen molar-refractivity contribution in [3.63, 3.8) is 0 Å². The molecule has 2 heterocycles. The van der Waals surface area contributed by atoms with E-state index in [1.54, 1.807) is 6.07 Å². The summed E-state index contributed by atoms with van der Waals surface area (Å²) in [4.78, 5) is 18.1. The van der Waals surface area contributed by atoms with Gasteiger partial charge in [-0.25, -0.2) is 0 Å². The number of allylic oxidation sites excluding steroid dienone is 1. The number of benzene rings is 2. The number of aromatic hydroxyl groups is 1. The van der Waals surface area contributed by atoms with Crippen LogP contribution in [0, 0.1) is 0 Å². The third kappa shape index (κ3) is 7.88. The van der Waals surface area contributed by atoms with Gasteiger partial charge in [0.25, 0.3) is 0 Å². The molecule has 0 radical (unpaired) electrons. The van der Waals surface area contributed by atoms with Crippen LogP contribution in [0.3, 0.4) is 0 Å². The van der Waals surface area contributed by atoms with Crippen molar-refractivity contribution in [3.8, 4) is 11.5 Å².